The van der Waals surface area contributed by atoms with Crippen molar-refractivity contribution in [1.29, 1.82) is 0 Å². The van der Waals surface area contributed by atoms with E-state index in [1.165, 1.54) is 17.3 Å². The molecule has 1 saturated heterocycles. The van der Waals surface area contributed by atoms with E-state index in [1.807, 2.05) is 18.2 Å². The summed E-state index contributed by atoms with van der Waals surface area (Å²) in [6, 6.07) is 12.4. The van der Waals surface area contributed by atoms with E-state index in [-0.39, 0.29) is 11.8 Å². The Morgan fingerprint density at radius 3 is 2.75 bits per heavy atom. The highest BCUT2D eigenvalue weighted by molar-refractivity contribution is 7.13. The maximum Gasteiger partial charge on any atom is 0.274 e. The van der Waals surface area contributed by atoms with Crippen LogP contribution in [0.15, 0.2) is 60.4 Å². The van der Waals surface area contributed by atoms with Crippen LogP contribution in [-0.4, -0.2) is 46.3 Å². The van der Waals surface area contributed by atoms with Crippen molar-refractivity contribution in [2.45, 2.75) is 26.7 Å². The molecule has 0 aliphatic carbocycles. The smallest absolute Gasteiger partial charge is 0.274 e. The zero-order valence-electron chi connectivity index (χ0n) is 18.5. The van der Waals surface area contributed by atoms with Gasteiger partial charge in [0.1, 0.15) is 5.69 Å². The second-order valence-corrected chi connectivity index (χ2v) is 9.71. The van der Waals surface area contributed by atoms with E-state index in [0.717, 1.165) is 11.1 Å². The topological polar surface area (TPSA) is 75.2 Å². The number of carbonyl (C=O) groups is 2. The van der Waals surface area contributed by atoms with Crippen molar-refractivity contribution in [1.82, 2.24) is 20.2 Å². The van der Waals surface area contributed by atoms with Crippen molar-refractivity contribution in [2.75, 3.05) is 19.6 Å². The molecule has 3 aromatic rings. The van der Waals surface area contributed by atoms with E-state index in [2.05, 4.69) is 52.7 Å². The molecule has 3 heterocycles. The Labute approximate surface area is 192 Å². The molecule has 32 heavy (non-hydrogen) atoms. The fraction of sp³-hybridized carbons (Fsp3) is 0.360. The molecule has 1 atom stereocenters. The molecule has 7 heteroatoms. The van der Waals surface area contributed by atoms with E-state index in [1.54, 1.807) is 22.4 Å². The molecule has 0 bridgehead atoms. The average Bonchev–Trinajstić information content (AvgIpc) is 3.49. The van der Waals surface area contributed by atoms with Crippen LogP contribution in [0.25, 0.3) is 10.4 Å². The summed E-state index contributed by atoms with van der Waals surface area (Å²) in [4.78, 5) is 37.6. The molecule has 0 spiro atoms. The third-order valence-corrected chi connectivity index (χ3v) is 6.81. The Kier molecular flexibility index (Phi) is 6.65. The summed E-state index contributed by atoms with van der Waals surface area (Å²) in [7, 11) is 0. The van der Waals surface area contributed by atoms with Gasteiger partial charge in [-0.05, 0) is 41.3 Å². The fourth-order valence-electron chi connectivity index (χ4n) is 4.22. The fourth-order valence-corrected chi connectivity index (χ4v) is 5.01. The van der Waals surface area contributed by atoms with E-state index in [0.29, 0.717) is 44.1 Å². The van der Waals surface area contributed by atoms with Crippen molar-refractivity contribution in [3.05, 3.63) is 71.6 Å². The molecular formula is C25H28N4O2S. The highest BCUT2D eigenvalue weighted by Crippen LogP contribution is 2.38. The Hall–Kier alpha value is -3.06. The molecule has 166 valence electrons. The molecule has 0 radical (unpaired) electrons. The monoisotopic (exact) mass is 448 g/mol. The van der Waals surface area contributed by atoms with Gasteiger partial charge in [0.05, 0.1) is 11.6 Å². The number of nitrogens with one attached hydrogen (secondary N) is 1. The van der Waals surface area contributed by atoms with E-state index >= 15 is 0 Å². The van der Waals surface area contributed by atoms with Gasteiger partial charge in [-0.3, -0.25) is 14.6 Å². The van der Waals surface area contributed by atoms with Crippen LogP contribution in [0.3, 0.4) is 0 Å². The number of rotatable bonds is 7. The van der Waals surface area contributed by atoms with Gasteiger partial charge in [-0.25, -0.2) is 4.98 Å². The minimum Gasteiger partial charge on any atom is -0.355 e. The number of benzene rings is 1. The molecule has 1 fully saturated rings. The van der Waals surface area contributed by atoms with Gasteiger partial charge >= 0.3 is 0 Å². The number of hydrogen-bond acceptors (Lipinski definition) is 5. The maximum absolute atomic E-state index is 13.5. The quantitative estimate of drug-likeness (QED) is 0.592. The zero-order chi connectivity index (χ0) is 22.6. The van der Waals surface area contributed by atoms with Crippen molar-refractivity contribution < 1.29 is 9.59 Å². The summed E-state index contributed by atoms with van der Waals surface area (Å²) in [5.41, 5.74) is 1.91. The van der Waals surface area contributed by atoms with Crippen molar-refractivity contribution in [3.8, 4) is 10.4 Å². The van der Waals surface area contributed by atoms with E-state index in [9.17, 15) is 9.59 Å². The third kappa shape index (κ3) is 4.72. The summed E-state index contributed by atoms with van der Waals surface area (Å²) in [5.74, 6) is 0.193. The lowest BCUT2D eigenvalue weighted by Crippen LogP contribution is -2.46. The van der Waals surface area contributed by atoms with Crippen LogP contribution in [0.1, 0.15) is 36.3 Å². The SMILES string of the molecule is CC(C)CNC(=O)[C@@]1(Cc2ccccc2-c2cccs2)CCN(C(=O)c2cnccn2)C1. The zero-order valence-corrected chi connectivity index (χ0v) is 19.3. The molecule has 1 aromatic carbocycles. The summed E-state index contributed by atoms with van der Waals surface area (Å²) in [5, 5.41) is 5.20. The molecule has 1 N–H and O–H groups in total. The number of likely N-dealkylation sites (tertiary alicyclic amines) is 1. The van der Waals surface area contributed by atoms with Crippen molar-refractivity contribution in [2.24, 2.45) is 11.3 Å². The van der Waals surface area contributed by atoms with Gasteiger partial charge in [0.15, 0.2) is 0 Å². The molecule has 4 rings (SSSR count). The van der Waals surface area contributed by atoms with Gasteiger partial charge in [-0.15, -0.1) is 11.3 Å². The van der Waals surface area contributed by atoms with Crippen LogP contribution in [0.5, 0.6) is 0 Å². The lowest BCUT2D eigenvalue weighted by molar-refractivity contribution is -0.130. The van der Waals surface area contributed by atoms with E-state index < -0.39 is 5.41 Å². The number of thiophene rings is 1. The average molecular weight is 449 g/mol. The first-order valence-electron chi connectivity index (χ1n) is 10.9. The Morgan fingerprint density at radius 1 is 1.19 bits per heavy atom. The summed E-state index contributed by atoms with van der Waals surface area (Å²) in [6.45, 7) is 5.66. The van der Waals surface area contributed by atoms with Crippen LogP contribution in [-0.2, 0) is 11.2 Å². The first kappa shape index (κ1) is 22.1. The third-order valence-electron chi connectivity index (χ3n) is 5.91. The Morgan fingerprint density at radius 2 is 2.03 bits per heavy atom. The Bertz CT molecular complexity index is 1070. The van der Waals surface area contributed by atoms with Crippen LogP contribution in [0.4, 0.5) is 0 Å². The molecular weight excluding hydrogens is 420 g/mol. The molecule has 0 unspecified atom stereocenters. The van der Waals surface area contributed by atoms with Gasteiger partial charge in [0.2, 0.25) is 5.91 Å². The molecule has 0 saturated carbocycles. The van der Waals surface area contributed by atoms with Gasteiger partial charge in [-0.1, -0.05) is 44.2 Å². The number of carbonyl (C=O) groups excluding carboxylic acids is 2. The van der Waals surface area contributed by atoms with Crippen LogP contribution in [0, 0.1) is 11.3 Å². The summed E-state index contributed by atoms with van der Waals surface area (Å²) in [6.07, 6.45) is 5.74. The molecule has 1 aliphatic heterocycles. The first-order valence-corrected chi connectivity index (χ1v) is 11.8. The van der Waals surface area contributed by atoms with Crippen molar-refractivity contribution in [3.63, 3.8) is 0 Å². The van der Waals surface area contributed by atoms with Gasteiger partial charge in [0.25, 0.3) is 5.91 Å². The van der Waals surface area contributed by atoms with Gasteiger partial charge in [-0.2, -0.15) is 0 Å². The number of nitrogens with zero attached hydrogens (tertiary/aromatic N) is 3. The number of aromatic nitrogens is 2. The van der Waals surface area contributed by atoms with Crippen LogP contribution < -0.4 is 5.32 Å². The predicted octanol–water partition coefficient (Wildman–Crippen LogP) is 4.05. The normalized spacial score (nSPS) is 18.2. The lowest BCUT2D eigenvalue weighted by atomic mass is 9.78. The summed E-state index contributed by atoms with van der Waals surface area (Å²) >= 11 is 1.69. The lowest BCUT2D eigenvalue weighted by Gasteiger charge is -2.29. The second-order valence-electron chi connectivity index (χ2n) is 8.76. The number of hydrogen-bond donors (Lipinski definition) is 1. The minimum absolute atomic E-state index is 0.0154. The molecule has 1 aliphatic rings. The van der Waals surface area contributed by atoms with Crippen molar-refractivity contribution >= 4 is 23.2 Å². The standard InChI is InChI=1S/C25H28N4O2S/c1-18(2)15-28-24(31)25(9-12-29(17-25)23(30)21-16-26-10-11-27-21)14-19-6-3-4-7-20(19)22-8-5-13-32-22/h3-8,10-11,13,16,18H,9,12,14-15,17H2,1-2H3,(H,28,31)/t25-/m1/s1. The summed E-state index contributed by atoms with van der Waals surface area (Å²) < 4.78 is 0. The molecule has 2 amide bonds. The first-order chi connectivity index (χ1) is 15.5. The largest absolute Gasteiger partial charge is 0.355 e. The predicted molar refractivity (Wildman–Crippen MR) is 126 cm³/mol. The number of amides is 2. The van der Waals surface area contributed by atoms with Crippen LogP contribution >= 0.6 is 11.3 Å². The highest BCUT2D eigenvalue weighted by atomic mass is 32.1. The molecule has 2 aromatic heterocycles. The molecule has 6 nitrogen and oxygen atoms in total. The van der Waals surface area contributed by atoms with E-state index in [4.69, 9.17) is 0 Å². The van der Waals surface area contributed by atoms with Gasteiger partial charge in [0, 0.05) is 36.9 Å². The van der Waals surface area contributed by atoms with Gasteiger partial charge < -0.3 is 10.2 Å². The minimum atomic E-state index is -0.680. The maximum atomic E-state index is 13.5. The highest BCUT2D eigenvalue weighted by Gasteiger charge is 2.46. The van der Waals surface area contributed by atoms with Crippen LogP contribution in [0.2, 0.25) is 0 Å². The Balaban J connectivity index is 1.63. The second kappa shape index (κ2) is 9.61.